The Morgan fingerprint density at radius 2 is 1.46 bits per heavy atom. The van der Waals surface area contributed by atoms with E-state index < -0.39 is 51.8 Å². The highest BCUT2D eigenvalue weighted by Crippen LogP contribution is 2.55. The summed E-state index contributed by atoms with van der Waals surface area (Å²) in [4.78, 5) is 13.9. The van der Waals surface area contributed by atoms with Crippen LogP contribution in [0, 0.1) is 5.92 Å². The second kappa shape index (κ2) is 9.17. The highest BCUT2D eigenvalue weighted by Gasteiger charge is 2.73. The van der Waals surface area contributed by atoms with Gasteiger partial charge in [-0.2, -0.15) is 26.3 Å². The minimum atomic E-state index is -6.57. The molecule has 35 heavy (non-hydrogen) atoms. The summed E-state index contributed by atoms with van der Waals surface area (Å²) >= 11 is 2.64. The van der Waals surface area contributed by atoms with Crippen LogP contribution in [0.4, 0.5) is 49.6 Å². The van der Waals surface area contributed by atoms with E-state index in [9.17, 15) is 48.7 Å². The number of anilines is 1. The quantitative estimate of drug-likeness (QED) is 0.327. The number of alkyl halides is 10. The first-order chi connectivity index (χ1) is 16.0. The summed E-state index contributed by atoms with van der Waals surface area (Å²) in [6.45, 7) is -0.209. The molecule has 3 rings (SSSR count). The molecule has 14 heteroatoms. The van der Waals surface area contributed by atoms with Crippen molar-refractivity contribution in [1.82, 2.24) is 0 Å². The molecule has 0 saturated heterocycles. The van der Waals surface area contributed by atoms with Crippen LogP contribution in [0.15, 0.2) is 46.9 Å². The maximum atomic E-state index is 14.6. The average molecular weight is 582 g/mol. The SMILES string of the molecule is O=C(c1ccccc1)N(CC1CC1)c1c(Br)cc(C(F)(C(F)(F)F)C(F)(F)F)cc1OC(F)(F)F. The number of halogens is 11. The fraction of sp³-hybridized carbons (Fsp3) is 0.381. The molecule has 192 valence electrons. The number of hydrogen-bond donors (Lipinski definition) is 0. The molecule has 0 radical (unpaired) electrons. The van der Waals surface area contributed by atoms with Gasteiger partial charge in [0, 0.05) is 22.1 Å². The average Bonchev–Trinajstić information content (AvgIpc) is 3.53. The lowest BCUT2D eigenvalue weighted by Gasteiger charge is -2.32. The van der Waals surface area contributed by atoms with E-state index >= 15 is 0 Å². The van der Waals surface area contributed by atoms with Crippen molar-refractivity contribution in [2.75, 3.05) is 11.4 Å². The van der Waals surface area contributed by atoms with E-state index in [-0.39, 0.29) is 30.2 Å². The topological polar surface area (TPSA) is 29.5 Å². The molecule has 0 spiro atoms. The van der Waals surface area contributed by atoms with Crippen LogP contribution >= 0.6 is 15.9 Å². The molecular formula is C21H14BrF10NO2. The van der Waals surface area contributed by atoms with Gasteiger partial charge in [0.05, 0.1) is 0 Å². The molecule has 1 aliphatic rings. The molecule has 1 fully saturated rings. The molecule has 0 bridgehead atoms. The Bertz CT molecular complexity index is 1060. The Morgan fingerprint density at radius 1 is 0.914 bits per heavy atom. The zero-order chi connectivity index (χ0) is 26.4. The number of amides is 1. The summed E-state index contributed by atoms with van der Waals surface area (Å²) in [6.07, 6.45) is -17.6. The lowest BCUT2D eigenvalue weighted by molar-refractivity contribution is -0.348. The lowest BCUT2D eigenvalue weighted by Crippen LogP contribution is -2.50. The number of rotatable bonds is 6. The van der Waals surface area contributed by atoms with Crippen molar-refractivity contribution in [3.8, 4) is 5.75 Å². The number of carbonyl (C=O) groups is 1. The van der Waals surface area contributed by atoms with Gasteiger partial charge in [-0.3, -0.25) is 4.79 Å². The predicted molar refractivity (Wildman–Crippen MR) is 107 cm³/mol. The third-order valence-electron chi connectivity index (χ3n) is 5.11. The van der Waals surface area contributed by atoms with Gasteiger partial charge in [0.15, 0.2) is 5.75 Å². The second-order valence-corrected chi connectivity index (χ2v) is 8.59. The fourth-order valence-electron chi connectivity index (χ4n) is 3.30. The smallest absolute Gasteiger partial charge is 0.403 e. The molecule has 1 amide bonds. The largest absolute Gasteiger partial charge is 0.573 e. The van der Waals surface area contributed by atoms with Gasteiger partial charge in [-0.25, -0.2) is 4.39 Å². The van der Waals surface area contributed by atoms with Crippen molar-refractivity contribution in [2.24, 2.45) is 5.92 Å². The minimum Gasteiger partial charge on any atom is -0.403 e. The zero-order valence-electron chi connectivity index (χ0n) is 17.2. The highest BCUT2D eigenvalue weighted by molar-refractivity contribution is 9.10. The van der Waals surface area contributed by atoms with E-state index in [0.717, 1.165) is 4.90 Å². The normalized spacial score (nSPS) is 15.2. The van der Waals surface area contributed by atoms with E-state index in [2.05, 4.69) is 20.7 Å². The van der Waals surface area contributed by atoms with Gasteiger partial charge in [-0.05, 0) is 59.0 Å². The van der Waals surface area contributed by atoms with E-state index in [1.54, 1.807) is 6.07 Å². The summed E-state index contributed by atoms with van der Waals surface area (Å²) < 4.78 is 136. The van der Waals surface area contributed by atoms with Gasteiger partial charge in [-0.1, -0.05) is 18.2 Å². The second-order valence-electron chi connectivity index (χ2n) is 7.73. The predicted octanol–water partition coefficient (Wildman–Crippen LogP) is 7.69. The third kappa shape index (κ3) is 5.67. The fourth-order valence-corrected chi connectivity index (χ4v) is 3.95. The Morgan fingerprint density at radius 3 is 1.91 bits per heavy atom. The highest BCUT2D eigenvalue weighted by atomic mass is 79.9. The first-order valence-corrected chi connectivity index (χ1v) is 10.5. The maximum Gasteiger partial charge on any atom is 0.573 e. The first-order valence-electron chi connectivity index (χ1n) is 9.74. The zero-order valence-corrected chi connectivity index (χ0v) is 18.7. The maximum absolute atomic E-state index is 14.6. The van der Waals surface area contributed by atoms with Crippen LogP contribution in [0.2, 0.25) is 0 Å². The summed E-state index contributed by atoms with van der Waals surface area (Å²) in [5.74, 6) is -2.68. The van der Waals surface area contributed by atoms with Crippen molar-refractivity contribution >= 4 is 27.5 Å². The van der Waals surface area contributed by atoms with E-state index in [0.29, 0.717) is 12.8 Å². The molecule has 2 aromatic rings. The van der Waals surface area contributed by atoms with Gasteiger partial charge in [-0.15, -0.1) is 13.2 Å². The molecule has 2 aromatic carbocycles. The van der Waals surface area contributed by atoms with Crippen LogP contribution in [-0.4, -0.2) is 31.2 Å². The number of nitrogens with zero attached hydrogens (tertiary/aromatic N) is 1. The van der Waals surface area contributed by atoms with Crippen LogP contribution < -0.4 is 9.64 Å². The van der Waals surface area contributed by atoms with Crippen LogP contribution in [-0.2, 0) is 5.67 Å². The number of benzene rings is 2. The number of hydrogen-bond acceptors (Lipinski definition) is 2. The molecule has 0 aromatic heterocycles. The summed E-state index contributed by atoms with van der Waals surface area (Å²) in [6, 6.07) is 6.75. The van der Waals surface area contributed by atoms with Gasteiger partial charge < -0.3 is 9.64 Å². The van der Waals surface area contributed by atoms with Crippen molar-refractivity contribution < 1.29 is 53.4 Å². The molecular weight excluding hydrogens is 568 g/mol. The van der Waals surface area contributed by atoms with Gasteiger partial charge in [0.1, 0.15) is 5.69 Å². The van der Waals surface area contributed by atoms with E-state index in [4.69, 9.17) is 0 Å². The monoisotopic (exact) mass is 581 g/mol. The van der Waals surface area contributed by atoms with Crippen molar-refractivity contribution in [1.29, 1.82) is 0 Å². The molecule has 0 heterocycles. The van der Waals surface area contributed by atoms with Gasteiger partial charge in [0.25, 0.3) is 5.91 Å². The van der Waals surface area contributed by atoms with E-state index in [1.807, 2.05) is 0 Å². The van der Waals surface area contributed by atoms with Crippen LogP contribution in [0.5, 0.6) is 5.75 Å². The Labute approximate surface area is 199 Å². The third-order valence-corrected chi connectivity index (χ3v) is 5.71. The summed E-state index contributed by atoms with van der Waals surface area (Å²) in [7, 11) is 0. The van der Waals surface area contributed by atoms with Crippen molar-refractivity contribution in [2.45, 2.75) is 37.2 Å². The van der Waals surface area contributed by atoms with Gasteiger partial charge >= 0.3 is 24.4 Å². The molecule has 0 aliphatic heterocycles. The van der Waals surface area contributed by atoms with Crippen LogP contribution in [0.1, 0.15) is 28.8 Å². The molecule has 0 unspecified atom stereocenters. The number of carbonyl (C=O) groups excluding carboxylic acids is 1. The molecule has 0 N–H and O–H groups in total. The standard InChI is InChI=1S/C21H14BrF10NO2/c22-14-8-13(18(23,19(24,25)26)20(27,28)29)9-15(35-21(30,31)32)16(14)33(10-11-6-7-11)17(34)12-4-2-1-3-5-12/h1-5,8-9,11H,6-7,10H2. The first kappa shape index (κ1) is 27.1. The Hall–Kier alpha value is -2.51. The minimum absolute atomic E-state index is 0.0208. The molecule has 1 aliphatic carbocycles. The summed E-state index contributed by atoms with van der Waals surface area (Å²) in [5.41, 5.74) is -9.04. The van der Waals surface area contributed by atoms with Gasteiger partial charge in [0.2, 0.25) is 0 Å². The van der Waals surface area contributed by atoms with Crippen LogP contribution in [0.25, 0.3) is 0 Å². The molecule has 3 nitrogen and oxygen atoms in total. The molecule has 1 saturated carbocycles. The number of ether oxygens (including phenoxy) is 1. The van der Waals surface area contributed by atoms with Crippen molar-refractivity contribution in [3.05, 3.63) is 58.1 Å². The summed E-state index contributed by atoms with van der Waals surface area (Å²) in [5, 5.41) is 0. The lowest BCUT2D eigenvalue weighted by atomic mass is 9.93. The molecule has 0 atom stereocenters. The van der Waals surface area contributed by atoms with Crippen molar-refractivity contribution in [3.63, 3.8) is 0 Å². The van der Waals surface area contributed by atoms with E-state index in [1.165, 1.54) is 24.3 Å². The van der Waals surface area contributed by atoms with Crippen LogP contribution in [0.3, 0.4) is 0 Å². The Kier molecular flexibility index (Phi) is 7.10. The Balaban J connectivity index is 2.26.